The fourth-order valence-electron chi connectivity index (χ4n) is 6.53. The number of nitrogens with two attached hydrogens (primary N) is 1. The van der Waals surface area contributed by atoms with Crippen LogP contribution in [0.25, 0.3) is 21.5 Å². The van der Waals surface area contributed by atoms with Crippen molar-refractivity contribution in [1.82, 2.24) is 4.90 Å². The van der Waals surface area contributed by atoms with Crippen molar-refractivity contribution in [3.8, 4) is 28.7 Å². The molecule has 0 radical (unpaired) electrons. The minimum atomic E-state index is -0.402. The van der Waals surface area contributed by atoms with Gasteiger partial charge in [-0.3, -0.25) is 4.79 Å². The molecule has 0 bridgehead atoms. The number of methoxy groups -OCH3 is 5. The summed E-state index contributed by atoms with van der Waals surface area (Å²) in [6, 6.07) is 23.6. The number of rotatable bonds is 9. The number of amides is 1. The molecule has 0 spiro atoms. The van der Waals surface area contributed by atoms with E-state index in [-0.39, 0.29) is 5.91 Å². The van der Waals surface area contributed by atoms with Crippen LogP contribution in [0.15, 0.2) is 72.8 Å². The monoisotopic (exact) mass is 606 g/mol. The van der Waals surface area contributed by atoms with E-state index in [2.05, 4.69) is 12.1 Å². The highest BCUT2D eigenvalue weighted by Gasteiger charge is 2.35. The first-order valence-corrected chi connectivity index (χ1v) is 14.9. The Hall–Kier alpha value is -5.11. The number of nitrogen functional groups attached to an aromatic ring is 1. The lowest BCUT2D eigenvalue weighted by Crippen LogP contribution is -2.41. The SMILES string of the molecule is COc1ccc2cc(C3c4cc(OC)c(OC)cc4CCN3C(=O)CCc3ccccc3N)c3cc(OC)c(OC)cc3c2c1. The Morgan fingerprint density at radius 1 is 0.733 bits per heavy atom. The molecule has 232 valence electrons. The summed E-state index contributed by atoms with van der Waals surface area (Å²) in [4.78, 5) is 16.2. The standard InChI is InChI=1S/C37H38N2O6/c1-41-25-12-10-23-16-30(29-21-35(45-5)34(44-4)20-28(29)26(23)18-25)37-27-19-33(43-3)32(42-2)17-24(27)14-15-39(37)36(40)13-11-22-8-6-7-9-31(22)38/h6-10,12,16-21,37H,11,13-15,38H2,1-5H3. The van der Waals surface area contributed by atoms with Crippen LogP contribution in [0.5, 0.6) is 28.7 Å². The zero-order valence-electron chi connectivity index (χ0n) is 26.3. The van der Waals surface area contributed by atoms with Gasteiger partial charge >= 0.3 is 0 Å². The molecule has 0 aliphatic carbocycles. The van der Waals surface area contributed by atoms with Crippen molar-refractivity contribution in [3.05, 3.63) is 95.1 Å². The van der Waals surface area contributed by atoms with Crippen LogP contribution in [0.3, 0.4) is 0 Å². The van der Waals surface area contributed by atoms with Gasteiger partial charge in [-0.05, 0) is 105 Å². The van der Waals surface area contributed by atoms with Crippen LogP contribution < -0.4 is 29.4 Å². The lowest BCUT2D eigenvalue weighted by molar-refractivity contribution is -0.133. The summed E-state index contributed by atoms with van der Waals surface area (Å²) in [5.41, 5.74) is 11.0. The molecule has 8 heteroatoms. The van der Waals surface area contributed by atoms with Crippen molar-refractivity contribution in [1.29, 1.82) is 0 Å². The summed E-state index contributed by atoms with van der Waals surface area (Å²) < 4.78 is 28.5. The molecule has 1 aliphatic heterocycles. The van der Waals surface area contributed by atoms with Gasteiger partial charge in [0.25, 0.3) is 0 Å². The van der Waals surface area contributed by atoms with Gasteiger partial charge in [0.1, 0.15) is 5.75 Å². The van der Waals surface area contributed by atoms with E-state index in [1.807, 2.05) is 65.6 Å². The highest BCUT2D eigenvalue weighted by Crippen LogP contribution is 2.46. The predicted octanol–water partition coefficient (Wildman–Crippen LogP) is 6.73. The number of hydrogen-bond donors (Lipinski definition) is 1. The fraction of sp³-hybridized carbons (Fsp3) is 0.270. The fourth-order valence-corrected chi connectivity index (χ4v) is 6.53. The number of para-hydroxylation sites is 1. The molecule has 1 unspecified atom stereocenters. The molecule has 1 aliphatic rings. The molecule has 0 saturated heterocycles. The molecule has 1 amide bonds. The summed E-state index contributed by atoms with van der Waals surface area (Å²) in [7, 11) is 8.19. The van der Waals surface area contributed by atoms with Gasteiger partial charge in [-0.15, -0.1) is 0 Å². The average molecular weight is 607 g/mol. The number of anilines is 1. The summed E-state index contributed by atoms with van der Waals surface area (Å²) in [6.45, 7) is 0.547. The van der Waals surface area contributed by atoms with E-state index in [0.717, 1.165) is 49.5 Å². The summed E-state index contributed by atoms with van der Waals surface area (Å²) in [5.74, 6) is 3.30. The Kier molecular flexibility index (Phi) is 8.30. The Morgan fingerprint density at radius 2 is 1.40 bits per heavy atom. The number of benzene rings is 5. The van der Waals surface area contributed by atoms with E-state index in [9.17, 15) is 4.79 Å². The van der Waals surface area contributed by atoms with Crippen molar-refractivity contribution < 1.29 is 28.5 Å². The van der Waals surface area contributed by atoms with Gasteiger partial charge in [0.05, 0.1) is 41.6 Å². The van der Waals surface area contributed by atoms with Gasteiger partial charge in [0, 0.05) is 18.7 Å². The first kappa shape index (κ1) is 29.9. The van der Waals surface area contributed by atoms with Crippen LogP contribution in [0, 0.1) is 0 Å². The van der Waals surface area contributed by atoms with Gasteiger partial charge in [-0.2, -0.15) is 0 Å². The number of hydrogen-bond acceptors (Lipinski definition) is 7. The van der Waals surface area contributed by atoms with Crippen LogP contribution in [0.2, 0.25) is 0 Å². The first-order valence-electron chi connectivity index (χ1n) is 14.9. The molecule has 1 atom stereocenters. The molecule has 6 rings (SSSR count). The predicted molar refractivity (Wildman–Crippen MR) is 177 cm³/mol. The molecule has 1 heterocycles. The molecular weight excluding hydrogens is 568 g/mol. The second-order valence-electron chi connectivity index (χ2n) is 11.2. The highest BCUT2D eigenvalue weighted by molar-refractivity contribution is 6.11. The second kappa shape index (κ2) is 12.5. The number of nitrogens with zero attached hydrogens (tertiary/aromatic N) is 1. The van der Waals surface area contributed by atoms with Crippen LogP contribution in [0.1, 0.15) is 34.7 Å². The van der Waals surface area contributed by atoms with Gasteiger partial charge in [0.2, 0.25) is 5.91 Å². The van der Waals surface area contributed by atoms with E-state index in [1.165, 1.54) is 0 Å². The third kappa shape index (κ3) is 5.41. The zero-order chi connectivity index (χ0) is 31.7. The maximum Gasteiger partial charge on any atom is 0.223 e. The number of carbonyl (C=O) groups is 1. The maximum atomic E-state index is 14.2. The van der Waals surface area contributed by atoms with Crippen LogP contribution >= 0.6 is 0 Å². The first-order chi connectivity index (χ1) is 21.9. The Bertz CT molecular complexity index is 1900. The molecule has 0 aromatic heterocycles. The summed E-state index contributed by atoms with van der Waals surface area (Å²) >= 11 is 0. The third-order valence-electron chi connectivity index (χ3n) is 8.85. The summed E-state index contributed by atoms with van der Waals surface area (Å²) in [6.07, 6.45) is 1.56. The van der Waals surface area contributed by atoms with Gasteiger partial charge in [-0.1, -0.05) is 24.3 Å². The Balaban J connectivity index is 1.59. The van der Waals surface area contributed by atoms with Gasteiger partial charge in [0.15, 0.2) is 23.0 Å². The summed E-state index contributed by atoms with van der Waals surface area (Å²) in [5, 5.41) is 3.94. The smallest absolute Gasteiger partial charge is 0.223 e. The molecule has 8 nitrogen and oxygen atoms in total. The minimum Gasteiger partial charge on any atom is -0.497 e. The molecule has 0 saturated carbocycles. The maximum absolute atomic E-state index is 14.2. The van der Waals surface area contributed by atoms with Gasteiger partial charge < -0.3 is 34.3 Å². The van der Waals surface area contributed by atoms with Crippen LogP contribution in [-0.4, -0.2) is 52.9 Å². The van der Waals surface area contributed by atoms with Crippen molar-refractivity contribution in [2.24, 2.45) is 0 Å². The lowest BCUT2D eigenvalue weighted by Gasteiger charge is -2.39. The third-order valence-corrected chi connectivity index (χ3v) is 8.85. The van der Waals surface area contributed by atoms with Crippen LogP contribution in [0.4, 0.5) is 5.69 Å². The van der Waals surface area contributed by atoms with Crippen molar-refractivity contribution in [3.63, 3.8) is 0 Å². The number of aryl methyl sites for hydroxylation is 1. The largest absolute Gasteiger partial charge is 0.497 e. The van der Waals surface area contributed by atoms with Gasteiger partial charge in [-0.25, -0.2) is 0 Å². The lowest BCUT2D eigenvalue weighted by atomic mass is 9.83. The molecule has 2 N–H and O–H groups in total. The molecule has 5 aromatic rings. The Morgan fingerprint density at radius 3 is 2.09 bits per heavy atom. The zero-order valence-corrected chi connectivity index (χ0v) is 26.3. The van der Waals surface area contributed by atoms with E-state index in [0.29, 0.717) is 54.5 Å². The van der Waals surface area contributed by atoms with Crippen molar-refractivity contribution >= 4 is 33.1 Å². The van der Waals surface area contributed by atoms with Crippen LogP contribution in [-0.2, 0) is 17.6 Å². The normalized spacial score (nSPS) is 14.2. The quantitative estimate of drug-likeness (QED) is 0.147. The molecule has 45 heavy (non-hydrogen) atoms. The van der Waals surface area contributed by atoms with E-state index in [4.69, 9.17) is 29.4 Å². The Labute approximate surface area is 263 Å². The minimum absolute atomic E-state index is 0.0483. The van der Waals surface area contributed by atoms with E-state index < -0.39 is 6.04 Å². The van der Waals surface area contributed by atoms with Crippen molar-refractivity contribution in [2.45, 2.75) is 25.3 Å². The molecule has 0 fully saturated rings. The molecule has 5 aromatic carbocycles. The van der Waals surface area contributed by atoms with E-state index in [1.54, 1.807) is 35.5 Å². The van der Waals surface area contributed by atoms with E-state index >= 15 is 0 Å². The number of ether oxygens (including phenoxy) is 5. The second-order valence-corrected chi connectivity index (χ2v) is 11.2. The number of fused-ring (bicyclic) bond motifs is 4. The average Bonchev–Trinajstić information content (AvgIpc) is 3.08. The number of carbonyl (C=O) groups excluding carboxylic acids is 1. The highest BCUT2D eigenvalue weighted by atomic mass is 16.5. The molecular formula is C37H38N2O6. The topological polar surface area (TPSA) is 92.5 Å². The van der Waals surface area contributed by atoms with Crippen molar-refractivity contribution in [2.75, 3.05) is 47.8 Å².